The molecule has 0 aromatic rings. The highest BCUT2D eigenvalue weighted by molar-refractivity contribution is 5.79. The summed E-state index contributed by atoms with van der Waals surface area (Å²) in [6.07, 6.45) is 0.948. The highest BCUT2D eigenvalue weighted by Gasteiger charge is 2.37. The zero-order valence-corrected chi connectivity index (χ0v) is 9.64. The molecule has 0 bridgehead atoms. The molecule has 3 N–H and O–H groups in total. The highest BCUT2D eigenvalue weighted by Crippen LogP contribution is 2.36. The Bertz CT molecular complexity index is 236. The predicted octanol–water partition coefficient (Wildman–Crippen LogP) is 1.67. The second-order valence-electron chi connectivity index (χ2n) is 4.62. The molecule has 1 saturated carbocycles. The van der Waals surface area contributed by atoms with Gasteiger partial charge in [0.1, 0.15) is 0 Å². The van der Waals surface area contributed by atoms with Crippen molar-refractivity contribution < 1.29 is 13.6 Å². The summed E-state index contributed by atoms with van der Waals surface area (Å²) < 4.78 is 25.8. The first-order valence-corrected chi connectivity index (χ1v) is 5.83. The molecule has 1 unspecified atom stereocenters. The Labute approximate surface area is 94.8 Å². The van der Waals surface area contributed by atoms with Crippen molar-refractivity contribution in [2.45, 2.75) is 51.0 Å². The third kappa shape index (κ3) is 4.04. The lowest BCUT2D eigenvalue weighted by atomic mass is 9.86. The number of hydrogen-bond donors (Lipinski definition) is 2. The molecule has 0 aromatic heterocycles. The van der Waals surface area contributed by atoms with Gasteiger partial charge in [0.2, 0.25) is 11.8 Å². The van der Waals surface area contributed by atoms with Crippen LogP contribution in [0.3, 0.4) is 0 Å². The Morgan fingerprint density at radius 1 is 1.50 bits per heavy atom. The van der Waals surface area contributed by atoms with Gasteiger partial charge in [0.15, 0.2) is 0 Å². The molecule has 0 radical (unpaired) electrons. The molecule has 5 heteroatoms. The van der Waals surface area contributed by atoms with E-state index in [2.05, 4.69) is 5.32 Å². The van der Waals surface area contributed by atoms with Crippen LogP contribution < -0.4 is 11.1 Å². The monoisotopic (exact) mass is 234 g/mol. The van der Waals surface area contributed by atoms with Crippen molar-refractivity contribution in [1.29, 1.82) is 0 Å². The second-order valence-corrected chi connectivity index (χ2v) is 4.62. The summed E-state index contributed by atoms with van der Waals surface area (Å²) in [5, 5.41) is 2.81. The molecule has 16 heavy (non-hydrogen) atoms. The maximum atomic E-state index is 12.9. The lowest BCUT2D eigenvalue weighted by molar-refractivity contribution is -0.129. The van der Waals surface area contributed by atoms with E-state index in [0.29, 0.717) is 13.0 Å². The van der Waals surface area contributed by atoms with E-state index in [4.69, 9.17) is 5.73 Å². The first-order valence-electron chi connectivity index (χ1n) is 5.83. The van der Waals surface area contributed by atoms with Crippen LogP contribution in [0, 0.1) is 5.92 Å². The minimum Gasteiger partial charge on any atom is -0.353 e. The number of hydrogen-bond acceptors (Lipinski definition) is 2. The van der Waals surface area contributed by atoms with Crippen molar-refractivity contribution in [2.75, 3.05) is 6.54 Å². The summed E-state index contributed by atoms with van der Waals surface area (Å²) in [6.45, 7) is 2.40. The van der Waals surface area contributed by atoms with E-state index in [1.54, 1.807) is 0 Å². The summed E-state index contributed by atoms with van der Waals surface area (Å²) in [5.74, 6) is -2.92. The number of halogens is 2. The molecule has 0 aromatic carbocycles. The van der Waals surface area contributed by atoms with Gasteiger partial charge in [0.05, 0.1) is 0 Å². The number of nitrogens with two attached hydrogens (primary N) is 1. The number of amides is 1. The van der Waals surface area contributed by atoms with Crippen molar-refractivity contribution in [3.05, 3.63) is 0 Å². The molecular formula is C11H20F2N2O. The van der Waals surface area contributed by atoms with E-state index in [1.807, 2.05) is 6.92 Å². The third-order valence-corrected chi connectivity index (χ3v) is 3.08. The van der Waals surface area contributed by atoms with Crippen molar-refractivity contribution in [2.24, 2.45) is 11.7 Å². The fourth-order valence-electron chi connectivity index (χ4n) is 1.99. The fourth-order valence-corrected chi connectivity index (χ4v) is 1.99. The standard InChI is InChI=1S/C11H20F2N2O/c1-8(4-7-14)15-10(16)9-2-5-11(12,13)6-3-9/h8-9H,2-7,14H2,1H3,(H,15,16). The van der Waals surface area contributed by atoms with Crippen LogP contribution in [-0.4, -0.2) is 24.4 Å². The Hall–Kier alpha value is -0.710. The van der Waals surface area contributed by atoms with Gasteiger partial charge in [0, 0.05) is 24.8 Å². The molecule has 0 aliphatic heterocycles. The summed E-state index contributed by atoms with van der Waals surface area (Å²) in [7, 11) is 0. The molecule has 1 amide bonds. The Morgan fingerprint density at radius 3 is 2.56 bits per heavy atom. The second kappa shape index (κ2) is 5.57. The maximum absolute atomic E-state index is 12.9. The van der Waals surface area contributed by atoms with Crippen LogP contribution in [0.15, 0.2) is 0 Å². The van der Waals surface area contributed by atoms with Crippen LogP contribution in [-0.2, 0) is 4.79 Å². The molecule has 1 atom stereocenters. The number of carbonyl (C=O) groups excluding carboxylic acids is 1. The van der Waals surface area contributed by atoms with Crippen molar-refractivity contribution in [3.63, 3.8) is 0 Å². The van der Waals surface area contributed by atoms with Crippen molar-refractivity contribution in [1.82, 2.24) is 5.32 Å². The summed E-state index contributed by atoms with van der Waals surface area (Å²) in [4.78, 5) is 11.7. The fraction of sp³-hybridized carbons (Fsp3) is 0.909. The minimum absolute atomic E-state index is 0.0277. The van der Waals surface area contributed by atoms with Gasteiger partial charge >= 0.3 is 0 Å². The van der Waals surface area contributed by atoms with Crippen molar-refractivity contribution in [3.8, 4) is 0 Å². The maximum Gasteiger partial charge on any atom is 0.248 e. The molecule has 0 saturated heterocycles. The lowest BCUT2D eigenvalue weighted by Crippen LogP contribution is -2.40. The third-order valence-electron chi connectivity index (χ3n) is 3.08. The Morgan fingerprint density at radius 2 is 2.06 bits per heavy atom. The quantitative estimate of drug-likeness (QED) is 0.777. The molecule has 3 nitrogen and oxygen atoms in total. The molecule has 94 valence electrons. The van der Waals surface area contributed by atoms with Gasteiger partial charge in [-0.15, -0.1) is 0 Å². The molecular weight excluding hydrogens is 214 g/mol. The van der Waals surface area contributed by atoms with Gasteiger partial charge in [-0.3, -0.25) is 4.79 Å². The smallest absolute Gasteiger partial charge is 0.248 e. The van der Waals surface area contributed by atoms with Crippen LogP contribution in [0.5, 0.6) is 0 Å². The van der Waals surface area contributed by atoms with Gasteiger partial charge < -0.3 is 11.1 Å². The number of rotatable bonds is 4. The van der Waals surface area contributed by atoms with Crippen molar-refractivity contribution >= 4 is 5.91 Å². The Balaban J connectivity index is 2.33. The highest BCUT2D eigenvalue weighted by atomic mass is 19.3. The summed E-state index contributed by atoms with van der Waals surface area (Å²) in [6, 6.07) is 0.0277. The zero-order valence-electron chi connectivity index (χ0n) is 9.64. The van der Waals surface area contributed by atoms with E-state index in [-0.39, 0.29) is 43.6 Å². The first-order chi connectivity index (χ1) is 7.44. The summed E-state index contributed by atoms with van der Waals surface area (Å²) >= 11 is 0. The molecule has 1 rings (SSSR count). The predicted molar refractivity (Wildman–Crippen MR) is 58.2 cm³/mol. The normalized spacial score (nSPS) is 22.8. The van der Waals surface area contributed by atoms with Crippen LogP contribution in [0.25, 0.3) is 0 Å². The van der Waals surface area contributed by atoms with Gasteiger partial charge in [-0.05, 0) is 32.7 Å². The van der Waals surface area contributed by atoms with Crippen LogP contribution in [0.2, 0.25) is 0 Å². The molecule has 0 heterocycles. The van der Waals surface area contributed by atoms with Gasteiger partial charge in [-0.25, -0.2) is 8.78 Å². The van der Waals surface area contributed by atoms with E-state index in [0.717, 1.165) is 0 Å². The van der Waals surface area contributed by atoms with Gasteiger partial charge in [-0.2, -0.15) is 0 Å². The number of nitrogens with one attached hydrogen (secondary N) is 1. The summed E-state index contributed by atoms with van der Waals surface area (Å²) in [5.41, 5.74) is 5.37. The molecule has 1 aliphatic carbocycles. The minimum atomic E-state index is -2.57. The number of alkyl halides is 2. The van der Waals surface area contributed by atoms with Gasteiger partial charge in [0.25, 0.3) is 0 Å². The molecule has 0 spiro atoms. The van der Waals surface area contributed by atoms with E-state index >= 15 is 0 Å². The van der Waals surface area contributed by atoms with Crippen LogP contribution in [0.1, 0.15) is 39.0 Å². The zero-order chi connectivity index (χ0) is 12.2. The van der Waals surface area contributed by atoms with E-state index in [1.165, 1.54) is 0 Å². The number of carbonyl (C=O) groups is 1. The largest absolute Gasteiger partial charge is 0.353 e. The lowest BCUT2D eigenvalue weighted by Gasteiger charge is -2.28. The van der Waals surface area contributed by atoms with Gasteiger partial charge in [-0.1, -0.05) is 0 Å². The molecule has 1 fully saturated rings. The average molecular weight is 234 g/mol. The van der Waals surface area contributed by atoms with E-state index in [9.17, 15) is 13.6 Å². The average Bonchev–Trinajstić information content (AvgIpc) is 2.17. The SMILES string of the molecule is CC(CCN)NC(=O)C1CCC(F)(F)CC1. The topological polar surface area (TPSA) is 55.1 Å². The first kappa shape index (κ1) is 13.4. The Kier molecular flexibility index (Phi) is 4.65. The molecule has 1 aliphatic rings. The van der Waals surface area contributed by atoms with Crippen LogP contribution >= 0.6 is 0 Å². The van der Waals surface area contributed by atoms with E-state index < -0.39 is 5.92 Å². The van der Waals surface area contributed by atoms with Crippen LogP contribution in [0.4, 0.5) is 8.78 Å².